The largest absolute Gasteiger partial charge is 0.497 e. The monoisotopic (exact) mass is 329 g/mol. The third-order valence-corrected chi connectivity index (χ3v) is 4.69. The molecule has 0 atom stereocenters. The minimum Gasteiger partial charge on any atom is -0.497 e. The van der Waals surface area contributed by atoms with Gasteiger partial charge in [0.1, 0.15) is 5.75 Å². The molecule has 3 heteroatoms. The maximum Gasteiger partial charge on any atom is 0.255 e. The summed E-state index contributed by atoms with van der Waals surface area (Å²) in [7, 11) is 1.65. The van der Waals surface area contributed by atoms with E-state index in [0.717, 1.165) is 28.0 Å². The number of amides is 1. The third kappa shape index (κ3) is 2.78. The fourth-order valence-corrected chi connectivity index (χ4v) is 3.48. The fourth-order valence-electron chi connectivity index (χ4n) is 3.48. The summed E-state index contributed by atoms with van der Waals surface area (Å²) in [4.78, 5) is 15.0. The zero-order chi connectivity index (χ0) is 17.2. The van der Waals surface area contributed by atoms with Crippen LogP contribution in [0, 0.1) is 0 Å². The summed E-state index contributed by atoms with van der Waals surface area (Å²) in [6, 6.07) is 25.9. The van der Waals surface area contributed by atoms with Crippen molar-refractivity contribution in [3.8, 4) is 5.75 Å². The van der Waals surface area contributed by atoms with E-state index in [1.54, 1.807) is 7.11 Å². The zero-order valence-electron chi connectivity index (χ0n) is 14.1. The number of rotatable bonds is 4. The molecule has 0 unspecified atom stereocenters. The molecule has 1 aliphatic heterocycles. The molecule has 25 heavy (non-hydrogen) atoms. The molecule has 0 saturated carbocycles. The summed E-state index contributed by atoms with van der Waals surface area (Å²) in [5.74, 6) is 0.847. The Kier molecular flexibility index (Phi) is 3.98. The summed E-state index contributed by atoms with van der Waals surface area (Å²) >= 11 is 0. The topological polar surface area (TPSA) is 29.5 Å². The highest BCUT2D eigenvalue weighted by molar-refractivity contribution is 5.99. The number of hydrogen-bond donors (Lipinski definition) is 0. The van der Waals surface area contributed by atoms with Crippen LogP contribution < -0.4 is 4.74 Å². The van der Waals surface area contributed by atoms with Gasteiger partial charge in [0.25, 0.3) is 5.91 Å². The highest BCUT2D eigenvalue weighted by Gasteiger charge is 2.34. The molecular formula is C22H19NO2. The van der Waals surface area contributed by atoms with E-state index in [0.29, 0.717) is 6.54 Å². The van der Waals surface area contributed by atoms with Gasteiger partial charge in [-0.2, -0.15) is 0 Å². The van der Waals surface area contributed by atoms with E-state index in [-0.39, 0.29) is 11.9 Å². The van der Waals surface area contributed by atoms with Gasteiger partial charge in [-0.1, -0.05) is 60.7 Å². The van der Waals surface area contributed by atoms with E-state index < -0.39 is 0 Å². The average Bonchev–Trinajstić information content (AvgIpc) is 2.99. The number of ether oxygens (including phenoxy) is 1. The van der Waals surface area contributed by atoms with Gasteiger partial charge in [-0.25, -0.2) is 0 Å². The summed E-state index contributed by atoms with van der Waals surface area (Å²) in [5.41, 5.74) is 4.00. The second-order valence-corrected chi connectivity index (χ2v) is 6.18. The Morgan fingerprint density at radius 3 is 2.04 bits per heavy atom. The number of benzene rings is 3. The molecule has 1 amide bonds. The lowest BCUT2D eigenvalue weighted by atomic mass is 9.97. The van der Waals surface area contributed by atoms with Gasteiger partial charge in [0.05, 0.1) is 13.2 Å². The van der Waals surface area contributed by atoms with Crippen molar-refractivity contribution in [2.75, 3.05) is 7.11 Å². The number of carbonyl (C=O) groups is 1. The third-order valence-electron chi connectivity index (χ3n) is 4.69. The molecule has 124 valence electrons. The van der Waals surface area contributed by atoms with E-state index in [1.165, 1.54) is 0 Å². The molecule has 4 rings (SSSR count). The van der Waals surface area contributed by atoms with Crippen LogP contribution in [0.3, 0.4) is 0 Å². The SMILES string of the molecule is COc1ccc2c(c1)CN(C(c1ccccc1)c1ccccc1)C2=O. The van der Waals surface area contributed by atoms with E-state index in [4.69, 9.17) is 4.74 Å². The maximum absolute atomic E-state index is 13.1. The van der Waals surface area contributed by atoms with Crippen LogP contribution in [-0.4, -0.2) is 17.9 Å². The van der Waals surface area contributed by atoms with Gasteiger partial charge in [-0.15, -0.1) is 0 Å². The second-order valence-electron chi connectivity index (χ2n) is 6.18. The molecule has 0 aliphatic carbocycles. The maximum atomic E-state index is 13.1. The molecule has 3 aromatic carbocycles. The van der Waals surface area contributed by atoms with Gasteiger partial charge in [0, 0.05) is 12.1 Å². The van der Waals surface area contributed by atoms with Crippen molar-refractivity contribution in [3.05, 3.63) is 101 Å². The van der Waals surface area contributed by atoms with E-state index in [9.17, 15) is 4.79 Å². The van der Waals surface area contributed by atoms with Crippen molar-refractivity contribution >= 4 is 5.91 Å². The van der Waals surface area contributed by atoms with Crippen molar-refractivity contribution in [2.45, 2.75) is 12.6 Å². The first-order valence-corrected chi connectivity index (χ1v) is 8.35. The summed E-state index contributed by atoms with van der Waals surface area (Å²) in [6.45, 7) is 0.583. The minimum absolute atomic E-state index is 0.0651. The standard InChI is InChI=1S/C22H19NO2/c1-25-19-12-13-20-18(14-19)15-23(22(20)24)21(16-8-4-2-5-9-16)17-10-6-3-7-11-17/h2-14,21H,15H2,1H3. The molecule has 0 spiro atoms. The Morgan fingerprint density at radius 1 is 0.880 bits per heavy atom. The minimum atomic E-state index is -0.103. The van der Waals surface area contributed by atoms with Gasteiger partial charge >= 0.3 is 0 Å². The zero-order valence-corrected chi connectivity index (χ0v) is 14.1. The van der Waals surface area contributed by atoms with Crippen molar-refractivity contribution < 1.29 is 9.53 Å². The predicted octanol–water partition coefficient (Wildman–Crippen LogP) is 4.44. The molecule has 0 saturated heterocycles. The molecule has 0 fully saturated rings. The first-order valence-electron chi connectivity index (χ1n) is 8.35. The Morgan fingerprint density at radius 2 is 1.48 bits per heavy atom. The Hall–Kier alpha value is -3.07. The molecule has 3 aromatic rings. The van der Waals surface area contributed by atoms with Crippen molar-refractivity contribution in [2.24, 2.45) is 0 Å². The fraction of sp³-hybridized carbons (Fsp3) is 0.136. The normalized spacial score (nSPS) is 13.2. The van der Waals surface area contributed by atoms with Gasteiger partial charge in [0.2, 0.25) is 0 Å². The van der Waals surface area contributed by atoms with E-state index in [2.05, 4.69) is 24.3 Å². The van der Waals surface area contributed by atoms with Crippen molar-refractivity contribution in [1.29, 1.82) is 0 Å². The van der Waals surface area contributed by atoms with Crippen LogP contribution in [0.4, 0.5) is 0 Å². The Balaban J connectivity index is 1.78. The van der Waals surface area contributed by atoms with Crippen LogP contribution in [0.5, 0.6) is 5.75 Å². The van der Waals surface area contributed by atoms with E-state index in [1.807, 2.05) is 59.5 Å². The quantitative estimate of drug-likeness (QED) is 0.708. The lowest BCUT2D eigenvalue weighted by Crippen LogP contribution is -2.30. The summed E-state index contributed by atoms with van der Waals surface area (Å²) < 4.78 is 5.31. The number of methoxy groups -OCH3 is 1. The number of carbonyl (C=O) groups excluding carboxylic acids is 1. The Bertz CT molecular complexity index is 851. The molecule has 1 heterocycles. The number of nitrogens with zero attached hydrogens (tertiary/aromatic N) is 1. The molecule has 0 N–H and O–H groups in total. The van der Waals surface area contributed by atoms with Crippen LogP contribution in [0.25, 0.3) is 0 Å². The summed E-state index contributed by atoms with van der Waals surface area (Å²) in [6.07, 6.45) is 0. The second kappa shape index (κ2) is 6.44. The van der Waals surface area contributed by atoms with E-state index >= 15 is 0 Å². The lowest BCUT2D eigenvalue weighted by molar-refractivity contribution is 0.0731. The van der Waals surface area contributed by atoms with Crippen LogP contribution in [0.1, 0.15) is 33.1 Å². The van der Waals surface area contributed by atoms with Crippen LogP contribution in [-0.2, 0) is 6.54 Å². The van der Waals surface area contributed by atoms with Crippen molar-refractivity contribution in [3.63, 3.8) is 0 Å². The first kappa shape index (κ1) is 15.5. The smallest absolute Gasteiger partial charge is 0.255 e. The van der Waals surface area contributed by atoms with Crippen LogP contribution in [0.15, 0.2) is 78.9 Å². The van der Waals surface area contributed by atoms with Gasteiger partial charge < -0.3 is 9.64 Å². The number of fused-ring (bicyclic) bond motifs is 1. The molecule has 0 aromatic heterocycles. The average molecular weight is 329 g/mol. The highest BCUT2D eigenvalue weighted by atomic mass is 16.5. The summed E-state index contributed by atoms with van der Waals surface area (Å²) in [5, 5.41) is 0. The van der Waals surface area contributed by atoms with Crippen LogP contribution >= 0.6 is 0 Å². The molecular weight excluding hydrogens is 310 g/mol. The van der Waals surface area contributed by atoms with Gasteiger partial charge in [-0.3, -0.25) is 4.79 Å². The highest BCUT2D eigenvalue weighted by Crippen LogP contribution is 2.36. The molecule has 0 bridgehead atoms. The molecule has 3 nitrogen and oxygen atoms in total. The molecule has 0 radical (unpaired) electrons. The van der Waals surface area contributed by atoms with Gasteiger partial charge in [0.15, 0.2) is 0 Å². The van der Waals surface area contributed by atoms with Crippen molar-refractivity contribution in [1.82, 2.24) is 4.90 Å². The Labute approximate surface area is 147 Å². The van der Waals surface area contributed by atoms with Gasteiger partial charge in [-0.05, 0) is 34.9 Å². The lowest BCUT2D eigenvalue weighted by Gasteiger charge is -2.28. The molecule has 1 aliphatic rings. The predicted molar refractivity (Wildman–Crippen MR) is 97.6 cm³/mol. The van der Waals surface area contributed by atoms with Crippen LogP contribution in [0.2, 0.25) is 0 Å². The number of hydrogen-bond acceptors (Lipinski definition) is 2. The first-order chi connectivity index (χ1) is 12.3.